The van der Waals surface area contributed by atoms with Crippen LogP contribution in [0, 0.1) is 0 Å². The zero-order valence-corrected chi connectivity index (χ0v) is 17.8. The predicted octanol–water partition coefficient (Wildman–Crippen LogP) is 3.05. The lowest BCUT2D eigenvalue weighted by Crippen LogP contribution is -2.31. The highest BCUT2D eigenvalue weighted by molar-refractivity contribution is 7.89. The molecule has 2 heterocycles. The molecule has 2 aromatic carbocycles. The van der Waals surface area contributed by atoms with Gasteiger partial charge in [0.15, 0.2) is 5.82 Å². The lowest BCUT2D eigenvalue weighted by Gasteiger charge is -2.17. The van der Waals surface area contributed by atoms with Gasteiger partial charge in [-0.05, 0) is 35.7 Å². The third-order valence-electron chi connectivity index (χ3n) is 5.08. The van der Waals surface area contributed by atoms with Crippen LogP contribution in [0.4, 0.5) is 5.82 Å². The highest BCUT2D eigenvalue weighted by Crippen LogP contribution is 2.26. The molecule has 30 heavy (non-hydrogen) atoms. The minimum absolute atomic E-state index is 0.247. The van der Waals surface area contributed by atoms with Gasteiger partial charge in [0.05, 0.1) is 11.4 Å². The van der Waals surface area contributed by atoms with E-state index in [1.54, 1.807) is 18.2 Å². The highest BCUT2D eigenvalue weighted by Gasteiger charge is 2.33. The van der Waals surface area contributed by atoms with Gasteiger partial charge in [0, 0.05) is 26.7 Å². The van der Waals surface area contributed by atoms with Gasteiger partial charge in [0.25, 0.3) is 0 Å². The van der Waals surface area contributed by atoms with Crippen LogP contribution in [0.15, 0.2) is 71.6 Å². The summed E-state index contributed by atoms with van der Waals surface area (Å²) in [6.07, 6.45) is 0.362. The Morgan fingerprint density at radius 2 is 1.63 bits per heavy atom. The zero-order chi connectivity index (χ0) is 21.1. The van der Waals surface area contributed by atoms with E-state index < -0.39 is 10.0 Å². The number of nitrogens with zero attached hydrogens (tertiary/aromatic N) is 4. The van der Waals surface area contributed by atoms with Crippen molar-refractivity contribution in [3.8, 4) is 17.0 Å². The third kappa shape index (κ3) is 4.29. The number of sulfonamides is 1. The minimum atomic E-state index is -3.57. The molecule has 1 fully saturated rings. The van der Waals surface area contributed by atoms with Crippen molar-refractivity contribution in [1.82, 2.24) is 14.5 Å². The molecular formula is C22H24N4O3S. The van der Waals surface area contributed by atoms with Gasteiger partial charge in [-0.2, -0.15) is 4.31 Å². The SMILES string of the molecule is CN(C)c1ccc(OC2CCN(S(=O)(=O)c3ccc(-c4ccccc4)cc3)C2)nn1. The van der Waals surface area contributed by atoms with Crippen LogP contribution in [0.3, 0.4) is 0 Å². The fraction of sp³-hybridized carbons (Fsp3) is 0.273. The van der Waals surface area contributed by atoms with Crippen molar-refractivity contribution in [3.63, 3.8) is 0 Å². The maximum absolute atomic E-state index is 13.0. The predicted molar refractivity (Wildman–Crippen MR) is 116 cm³/mol. The highest BCUT2D eigenvalue weighted by atomic mass is 32.2. The summed E-state index contributed by atoms with van der Waals surface area (Å²) < 4.78 is 33.4. The number of benzene rings is 2. The van der Waals surface area contributed by atoms with Gasteiger partial charge in [0.1, 0.15) is 6.10 Å². The summed E-state index contributed by atoms with van der Waals surface area (Å²) in [7, 11) is 0.201. The maximum Gasteiger partial charge on any atom is 0.243 e. The molecule has 8 heteroatoms. The van der Waals surface area contributed by atoms with Crippen molar-refractivity contribution in [3.05, 3.63) is 66.7 Å². The van der Waals surface area contributed by atoms with Gasteiger partial charge in [-0.25, -0.2) is 8.42 Å². The second kappa shape index (κ2) is 8.41. The van der Waals surface area contributed by atoms with Crippen molar-refractivity contribution in [2.24, 2.45) is 0 Å². The number of aromatic nitrogens is 2. The summed E-state index contributed by atoms with van der Waals surface area (Å²) in [4.78, 5) is 2.14. The van der Waals surface area contributed by atoms with Crippen molar-refractivity contribution in [1.29, 1.82) is 0 Å². The molecule has 1 aliphatic heterocycles. The van der Waals surface area contributed by atoms with Crippen LogP contribution in [-0.2, 0) is 10.0 Å². The fourth-order valence-corrected chi connectivity index (χ4v) is 4.88. The standard InChI is InChI=1S/C22H24N4O3S/c1-25(2)21-12-13-22(24-23-21)29-19-14-15-26(16-19)30(27,28)20-10-8-18(9-11-20)17-6-4-3-5-7-17/h3-13,19H,14-16H2,1-2H3. The monoisotopic (exact) mass is 424 g/mol. The summed E-state index contributed by atoms with van der Waals surface area (Å²) in [6.45, 7) is 0.705. The summed E-state index contributed by atoms with van der Waals surface area (Å²) >= 11 is 0. The van der Waals surface area contributed by atoms with Crippen LogP contribution >= 0.6 is 0 Å². The molecule has 1 aromatic heterocycles. The fourth-order valence-electron chi connectivity index (χ4n) is 3.40. The number of ether oxygens (including phenoxy) is 1. The van der Waals surface area contributed by atoms with E-state index in [1.165, 1.54) is 4.31 Å². The molecule has 1 atom stereocenters. The van der Waals surface area contributed by atoms with Crippen LogP contribution in [0.25, 0.3) is 11.1 Å². The molecule has 4 rings (SSSR count). The van der Waals surface area contributed by atoms with E-state index in [0.29, 0.717) is 25.4 Å². The van der Waals surface area contributed by atoms with Gasteiger partial charge in [-0.1, -0.05) is 42.5 Å². The van der Waals surface area contributed by atoms with Gasteiger partial charge in [0.2, 0.25) is 15.9 Å². The Kier molecular flexibility index (Phi) is 5.69. The van der Waals surface area contributed by atoms with E-state index in [1.807, 2.05) is 67.5 Å². The Morgan fingerprint density at radius 3 is 2.27 bits per heavy atom. The van der Waals surface area contributed by atoms with Crippen molar-refractivity contribution in [2.45, 2.75) is 17.4 Å². The van der Waals surface area contributed by atoms with E-state index in [2.05, 4.69) is 10.2 Å². The van der Waals surface area contributed by atoms with E-state index >= 15 is 0 Å². The summed E-state index contributed by atoms with van der Waals surface area (Å²) in [6, 6.07) is 20.5. The molecule has 1 unspecified atom stereocenters. The molecule has 0 N–H and O–H groups in total. The summed E-state index contributed by atoms with van der Waals surface area (Å²) in [5.41, 5.74) is 2.04. The van der Waals surface area contributed by atoms with Crippen LogP contribution < -0.4 is 9.64 Å². The molecule has 0 amide bonds. The van der Waals surface area contributed by atoms with Gasteiger partial charge >= 0.3 is 0 Å². The first-order chi connectivity index (χ1) is 14.4. The average molecular weight is 425 g/mol. The molecule has 1 aliphatic rings. The van der Waals surface area contributed by atoms with Crippen molar-refractivity contribution < 1.29 is 13.2 Å². The van der Waals surface area contributed by atoms with Crippen molar-refractivity contribution >= 4 is 15.8 Å². The molecule has 7 nitrogen and oxygen atoms in total. The number of anilines is 1. The molecule has 3 aromatic rings. The number of hydrogen-bond donors (Lipinski definition) is 0. The maximum atomic E-state index is 13.0. The topological polar surface area (TPSA) is 75.6 Å². The van der Waals surface area contributed by atoms with Gasteiger partial charge in [-0.15, -0.1) is 10.2 Å². The average Bonchev–Trinajstić information content (AvgIpc) is 3.24. The first-order valence-electron chi connectivity index (χ1n) is 9.77. The number of hydrogen-bond acceptors (Lipinski definition) is 6. The summed E-state index contributed by atoms with van der Waals surface area (Å²) in [5, 5.41) is 8.15. The Bertz CT molecular complexity index is 1090. The van der Waals surface area contributed by atoms with Crippen LogP contribution in [0.1, 0.15) is 6.42 Å². The lowest BCUT2D eigenvalue weighted by molar-refractivity contribution is 0.204. The molecule has 0 spiro atoms. The molecule has 0 bridgehead atoms. The largest absolute Gasteiger partial charge is 0.472 e. The van der Waals surface area contributed by atoms with E-state index in [0.717, 1.165) is 16.9 Å². The normalized spacial score (nSPS) is 17.1. The Hall–Kier alpha value is -2.97. The Balaban J connectivity index is 1.42. The van der Waals surface area contributed by atoms with Gasteiger partial charge in [-0.3, -0.25) is 0 Å². The van der Waals surface area contributed by atoms with Crippen LogP contribution in [0.2, 0.25) is 0 Å². The lowest BCUT2D eigenvalue weighted by atomic mass is 10.1. The first-order valence-corrected chi connectivity index (χ1v) is 11.2. The van der Waals surface area contributed by atoms with E-state index in [9.17, 15) is 8.42 Å². The smallest absolute Gasteiger partial charge is 0.243 e. The third-order valence-corrected chi connectivity index (χ3v) is 6.96. The molecule has 0 radical (unpaired) electrons. The molecule has 0 saturated carbocycles. The second-order valence-corrected chi connectivity index (χ2v) is 9.34. The Morgan fingerprint density at radius 1 is 0.933 bits per heavy atom. The quantitative estimate of drug-likeness (QED) is 0.605. The van der Waals surface area contributed by atoms with E-state index in [4.69, 9.17) is 4.74 Å². The molecule has 0 aliphatic carbocycles. The van der Waals surface area contributed by atoms with E-state index in [-0.39, 0.29) is 11.0 Å². The zero-order valence-electron chi connectivity index (χ0n) is 17.0. The first kappa shape index (κ1) is 20.3. The Labute approximate surface area is 177 Å². The number of rotatable bonds is 6. The van der Waals surface area contributed by atoms with Gasteiger partial charge < -0.3 is 9.64 Å². The van der Waals surface area contributed by atoms with Crippen LogP contribution in [-0.4, -0.2) is 56.2 Å². The van der Waals surface area contributed by atoms with Crippen LogP contribution in [0.5, 0.6) is 5.88 Å². The molecular weight excluding hydrogens is 400 g/mol. The summed E-state index contributed by atoms with van der Waals surface area (Å²) in [5.74, 6) is 1.13. The van der Waals surface area contributed by atoms with Crippen molar-refractivity contribution in [2.75, 3.05) is 32.1 Å². The minimum Gasteiger partial charge on any atom is -0.472 e. The molecule has 156 valence electrons. The molecule has 1 saturated heterocycles. The second-order valence-electron chi connectivity index (χ2n) is 7.41.